The number of benzene rings is 2. The highest BCUT2D eigenvalue weighted by atomic mass is 16.6. The number of carbonyl (C=O) groups is 2. The number of amides is 2. The Morgan fingerprint density at radius 2 is 1.96 bits per heavy atom. The van der Waals surface area contributed by atoms with Crippen LogP contribution in [0, 0.1) is 6.92 Å². The first kappa shape index (κ1) is 18.2. The largest absolute Gasteiger partial charge is 0.486 e. The molecule has 1 atom stereocenters. The molecular formula is C21H22N2O5. The third-order valence-corrected chi connectivity index (χ3v) is 4.78. The number of aryl methyl sites for hydroxylation is 1. The molecule has 0 aliphatic carbocycles. The van der Waals surface area contributed by atoms with Gasteiger partial charge in [0.15, 0.2) is 18.1 Å². The first-order valence-corrected chi connectivity index (χ1v) is 9.28. The van der Waals surface area contributed by atoms with Crippen LogP contribution in [-0.4, -0.2) is 44.2 Å². The van der Waals surface area contributed by atoms with Gasteiger partial charge in [-0.25, -0.2) is 0 Å². The molecule has 0 bridgehead atoms. The molecule has 0 saturated carbocycles. The van der Waals surface area contributed by atoms with E-state index in [1.54, 1.807) is 17.0 Å². The number of hydrogen-bond acceptors (Lipinski definition) is 5. The molecule has 28 heavy (non-hydrogen) atoms. The van der Waals surface area contributed by atoms with Crippen LogP contribution < -0.4 is 24.4 Å². The molecular weight excluding hydrogens is 360 g/mol. The van der Waals surface area contributed by atoms with Crippen LogP contribution in [0.1, 0.15) is 12.0 Å². The Morgan fingerprint density at radius 1 is 1.18 bits per heavy atom. The predicted octanol–water partition coefficient (Wildman–Crippen LogP) is 2.07. The minimum atomic E-state index is -0.256. The highest BCUT2D eigenvalue weighted by Crippen LogP contribution is 2.35. The van der Waals surface area contributed by atoms with Crippen molar-refractivity contribution in [1.82, 2.24) is 5.32 Å². The average molecular weight is 382 g/mol. The minimum Gasteiger partial charge on any atom is -0.486 e. The molecule has 2 aliphatic rings. The molecule has 2 aromatic rings. The van der Waals surface area contributed by atoms with Crippen molar-refractivity contribution in [2.45, 2.75) is 19.4 Å². The van der Waals surface area contributed by atoms with Crippen LogP contribution in [0.4, 0.5) is 5.69 Å². The van der Waals surface area contributed by atoms with E-state index in [4.69, 9.17) is 14.2 Å². The van der Waals surface area contributed by atoms with Crippen molar-refractivity contribution in [2.24, 2.45) is 0 Å². The summed E-state index contributed by atoms with van der Waals surface area (Å²) in [5.74, 6) is 1.71. The maximum atomic E-state index is 12.4. The van der Waals surface area contributed by atoms with Crippen molar-refractivity contribution in [3.63, 3.8) is 0 Å². The summed E-state index contributed by atoms with van der Waals surface area (Å²) >= 11 is 0. The quantitative estimate of drug-likeness (QED) is 0.857. The second kappa shape index (κ2) is 7.80. The summed E-state index contributed by atoms with van der Waals surface area (Å²) < 4.78 is 16.7. The van der Waals surface area contributed by atoms with Crippen LogP contribution in [0.25, 0.3) is 0 Å². The van der Waals surface area contributed by atoms with E-state index in [-0.39, 0.29) is 30.9 Å². The van der Waals surface area contributed by atoms with Crippen molar-refractivity contribution in [2.75, 3.05) is 31.3 Å². The van der Waals surface area contributed by atoms with Crippen LogP contribution in [-0.2, 0) is 9.59 Å². The van der Waals surface area contributed by atoms with Crippen molar-refractivity contribution >= 4 is 17.5 Å². The number of nitrogens with zero attached hydrogens (tertiary/aromatic N) is 1. The number of hydrogen-bond donors (Lipinski definition) is 1. The zero-order valence-electron chi connectivity index (χ0n) is 15.6. The van der Waals surface area contributed by atoms with Gasteiger partial charge in [-0.3, -0.25) is 9.59 Å². The minimum absolute atomic E-state index is 0.0400. The molecule has 7 nitrogen and oxygen atoms in total. The van der Waals surface area contributed by atoms with E-state index in [0.29, 0.717) is 37.0 Å². The van der Waals surface area contributed by atoms with E-state index in [9.17, 15) is 9.59 Å². The van der Waals surface area contributed by atoms with Crippen molar-refractivity contribution in [3.8, 4) is 17.2 Å². The van der Waals surface area contributed by atoms with Gasteiger partial charge in [0.25, 0.3) is 5.91 Å². The van der Waals surface area contributed by atoms with Crippen LogP contribution >= 0.6 is 0 Å². The van der Waals surface area contributed by atoms with Gasteiger partial charge in [-0.1, -0.05) is 18.2 Å². The number of para-hydroxylation sites is 1. The molecule has 2 heterocycles. The Kier molecular flexibility index (Phi) is 5.06. The van der Waals surface area contributed by atoms with Gasteiger partial charge in [0.2, 0.25) is 5.91 Å². The van der Waals surface area contributed by atoms with Gasteiger partial charge >= 0.3 is 0 Å². The van der Waals surface area contributed by atoms with Gasteiger partial charge < -0.3 is 24.4 Å². The van der Waals surface area contributed by atoms with E-state index in [1.165, 1.54) is 0 Å². The third kappa shape index (κ3) is 3.88. The number of ether oxygens (including phenoxy) is 3. The average Bonchev–Trinajstić information content (AvgIpc) is 3.07. The molecule has 0 radical (unpaired) electrons. The molecule has 1 unspecified atom stereocenters. The van der Waals surface area contributed by atoms with Gasteiger partial charge in [-0.2, -0.15) is 0 Å². The number of carbonyl (C=O) groups excluding carboxylic acids is 2. The topological polar surface area (TPSA) is 77.1 Å². The lowest BCUT2D eigenvalue weighted by atomic mass is 10.2. The standard InChI is InChI=1S/C21H22N2O5/c1-14-4-2-3-5-17(14)28-13-20(24)22-15-10-21(25)23(12-15)16-6-7-18-19(11-16)27-9-8-26-18/h2-7,11,15H,8-10,12-13H2,1H3,(H,22,24). The Labute approximate surface area is 163 Å². The molecule has 2 aromatic carbocycles. The lowest BCUT2D eigenvalue weighted by Gasteiger charge is -2.22. The molecule has 1 fully saturated rings. The van der Waals surface area contributed by atoms with Crippen LogP contribution in [0.15, 0.2) is 42.5 Å². The lowest BCUT2D eigenvalue weighted by Crippen LogP contribution is -2.39. The number of fused-ring (bicyclic) bond motifs is 1. The first-order chi connectivity index (χ1) is 13.6. The SMILES string of the molecule is Cc1ccccc1OCC(=O)NC1CC(=O)N(c2ccc3c(c2)OCCO3)C1. The molecule has 2 aliphatic heterocycles. The second-order valence-electron chi connectivity index (χ2n) is 6.86. The summed E-state index contributed by atoms with van der Waals surface area (Å²) in [6.07, 6.45) is 0.255. The Morgan fingerprint density at radius 3 is 2.79 bits per heavy atom. The van der Waals surface area contributed by atoms with Crippen molar-refractivity contribution < 1.29 is 23.8 Å². The summed E-state index contributed by atoms with van der Waals surface area (Å²) in [7, 11) is 0. The third-order valence-electron chi connectivity index (χ3n) is 4.78. The first-order valence-electron chi connectivity index (χ1n) is 9.28. The Hall–Kier alpha value is -3.22. The summed E-state index contributed by atoms with van der Waals surface area (Å²) in [5.41, 5.74) is 1.71. The molecule has 0 aromatic heterocycles. The monoisotopic (exact) mass is 382 g/mol. The molecule has 7 heteroatoms. The Bertz CT molecular complexity index is 898. The highest BCUT2D eigenvalue weighted by molar-refractivity contribution is 5.97. The second-order valence-corrected chi connectivity index (χ2v) is 6.86. The van der Waals surface area contributed by atoms with Gasteiger partial charge in [0, 0.05) is 24.7 Å². The fourth-order valence-electron chi connectivity index (χ4n) is 3.38. The fourth-order valence-corrected chi connectivity index (χ4v) is 3.38. The predicted molar refractivity (Wildman–Crippen MR) is 103 cm³/mol. The van der Waals surface area contributed by atoms with E-state index in [0.717, 1.165) is 11.3 Å². The number of rotatable bonds is 5. The van der Waals surface area contributed by atoms with Gasteiger partial charge in [-0.05, 0) is 30.7 Å². The van der Waals surface area contributed by atoms with Crippen molar-refractivity contribution in [3.05, 3.63) is 48.0 Å². The lowest BCUT2D eigenvalue weighted by molar-refractivity contribution is -0.123. The van der Waals surface area contributed by atoms with Gasteiger partial charge in [0.05, 0.1) is 6.04 Å². The van der Waals surface area contributed by atoms with E-state index in [2.05, 4.69) is 5.32 Å². The van der Waals surface area contributed by atoms with Crippen molar-refractivity contribution in [1.29, 1.82) is 0 Å². The number of anilines is 1. The molecule has 1 saturated heterocycles. The summed E-state index contributed by atoms with van der Waals surface area (Å²) in [6, 6.07) is 12.7. The molecule has 1 N–H and O–H groups in total. The molecule has 4 rings (SSSR count). The summed E-state index contributed by atoms with van der Waals surface area (Å²) in [5, 5.41) is 2.88. The van der Waals surface area contributed by atoms with E-state index in [1.807, 2.05) is 37.3 Å². The van der Waals surface area contributed by atoms with Gasteiger partial charge in [-0.15, -0.1) is 0 Å². The van der Waals surface area contributed by atoms with Gasteiger partial charge in [0.1, 0.15) is 19.0 Å². The normalized spacial score (nSPS) is 18.1. The van der Waals surface area contributed by atoms with E-state index >= 15 is 0 Å². The maximum Gasteiger partial charge on any atom is 0.258 e. The molecule has 146 valence electrons. The Balaban J connectivity index is 1.34. The summed E-state index contributed by atoms with van der Waals surface area (Å²) in [6.45, 7) is 3.26. The zero-order chi connectivity index (χ0) is 19.5. The van der Waals surface area contributed by atoms with Crippen LogP contribution in [0.3, 0.4) is 0 Å². The fraction of sp³-hybridized carbons (Fsp3) is 0.333. The molecule has 0 spiro atoms. The molecule has 2 amide bonds. The maximum absolute atomic E-state index is 12.4. The summed E-state index contributed by atoms with van der Waals surface area (Å²) in [4.78, 5) is 26.3. The van der Waals surface area contributed by atoms with Crippen LogP contribution in [0.2, 0.25) is 0 Å². The number of nitrogens with one attached hydrogen (secondary N) is 1. The van der Waals surface area contributed by atoms with Crippen LogP contribution in [0.5, 0.6) is 17.2 Å². The highest BCUT2D eigenvalue weighted by Gasteiger charge is 2.32. The zero-order valence-corrected chi connectivity index (χ0v) is 15.6. The van der Waals surface area contributed by atoms with E-state index < -0.39 is 0 Å². The smallest absolute Gasteiger partial charge is 0.258 e.